The van der Waals surface area contributed by atoms with Crippen LogP contribution in [0.25, 0.3) is 10.9 Å². The molecule has 0 radical (unpaired) electrons. The zero-order chi connectivity index (χ0) is 12.6. The molecule has 5 heteroatoms. The molecule has 0 aliphatic heterocycles. The number of H-pyrrole nitrogens is 1. The molecular formula is C12H15N3O2. The lowest BCUT2D eigenvalue weighted by Gasteiger charge is -2.09. The van der Waals surface area contributed by atoms with Gasteiger partial charge in [0.05, 0.1) is 4.92 Å². The molecule has 0 unspecified atom stereocenters. The smallest absolute Gasteiger partial charge is 0.270 e. The maximum atomic E-state index is 10.8. The van der Waals surface area contributed by atoms with E-state index in [2.05, 4.69) is 9.88 Å². The van der Waals surface area contributed by atoms with E-state index in [-0.39, 0.29) is 10.6 Å². The van der Waals surface area contributed by atoms with Crippen molar-refractivity contribution in [2.24, 2.45) is 0 Å². The Kier molecular flexibility index (Phi) is 2.85. The van der Waals surface area contributed by atoms with Gasteiger partial charge in [0.2, 0.25) is 0 Å². The number of benzene rings is 1. The van der Waals surface area contributed by atoms with Crippen molar-refractivity contribution in [1.82, 2.24) is 9.88 Å². The standard InChI is InChI=1S/C12H15N3O2/c1-8-11(7-14(2)3)10-6-9(15(16)17)4-5-12(10)13-8/h4-6,13H,7H2,1-3H3. The predicted molar refractivity (Wildman–Crippen MR) is 67.1 cm³/mol. The van der Waals surface area contributed by atoms with Crippen LogP contribution in [-0.2, 0) is 6.54 Å². The van der Waals surface area contributed by atoms with Crippen molar-refractivity contribution in [3.63, 3.8) is 0 Å². The Morgan fingerprint density at radius 3 is 2.71 bits per heavy atom. The lowest BCUT2D eigenvalue weighted by molar-refractivity contribution is -0.384. The number of aromatic nitrogens is 1. The predicted octanol–water partition coefficient (Wildman–Crippen LogP) is 2.45. The summed E-state index contributed by atoms with van der Waals surface area (Å²) >= 11 is 0. The molecule has 0 fully saturated rings. The molecule has 17 heavy (non-hydrogen) atoms. The molecule has 0 saturated heterocycles. The van der Waals surface area contributed by atoms with E-state index in [1.807, 2.05) is 21.0 Å². The average Bonchev–Trinajstić information content (AvgIpc) is 2.54. The number of aromatic amines is 1. The zero-order valence-electron chi connectivity index (χ0n) is 10.2. The van der Waals surface area contributed by atoms with E-state index in [4.69, 9.17) is 0 Å². The number of nitrogens with one attached hydrogen (secondary N) is 1. The fourth-order valence-electron chi connectivity index (χ4n) is 2.00. The van der Waals surface area contributed by atoms with Crippen LogP contribution in [0.5, 0.6) is 0 Å². The number of hydrogen-bond donors (Lipinski definition) is 1. The van der Waals surface area contributed by atoms with E-state index in [0.29, 0.717) is 0 Å². The van der Waals surface area contributed by atoms with Gasteiger partial charge in [0.15, 0.2) is 0 Å². The van der Waals surface area contributed by atoms with Gasteiger partial charge in [-0.3, -0.25) is 10.1 Å². The molecule has 2 aromatic rings. The first-order valence-electron chi connectivity index (χ1n) is 5.39. The highest BCUT2D eigenvalue weighted by atomic mass is 16.6. The number of non-ortho nitro benzene ring substituents is 1. The molecule has 2 rings (SSSR count). The molecule has 0 aliphatic rings. The van der Waals surface area contributed by atoms with Crippen molar-refractivity contribution < 1.29 is 4.92 Å². The van der Waals surface area contributed by atoms with Gasteiger partial charge in [0.25, 0.3) is 5.69 Å². The molecular weight excluding hydrogens is 218 g/mol. The SMILES string of the molecule is Cc1[nH]c2ccc([N+](=O)[O-])cc2c1CN(C)C. The molecule has 1 aromatic heterocycles. The van der Waals surface area contributed by atoms with E-state index < -0.39 is 0 Å². The first-order valence-corrected chi connectivity index (χ1v) is 5.39. The molecule has 0 bridgehead atoms. The second-order valence-corrected chi connectivity index (χ2v) is 4.45. The summed E-state index contributed by atoms with van der Waals surface area (Å²) < 4.78 is 0. The Hall–Kier alpha value is -1.88. The van der Waals surface area contributed by atoms with Crippen molar-refractivity contribution in [2.45, 2.75) is 13.5 Å². The van der Waals surface area contributed by atoms with Crippen molar-refractivity contribution in [2.75, 3.05) is 14.1 Å². The topological polar surface area (TPSA) is 62.2 Å². The molecule has 5 nitrogen and oxygen atoms in total. The molecule has 0 saturated carbocycles. The van der Waals surface area contributed by atoms with Crippen LogP contribution < -0.4 is 0 Å². The lowest BCUT2D eigenvalue weighted by Crippen LogP contribution is -2.11. The van der Waals surface area contributed by atoms with Crippen LogP contribution in [0.2, 0.25) is 0 Å². The largest absolute Gasteiger partial charge is 0.358 e. The third-order valence-corrected chi connectivity index (χ3v) is 2.79. The van der Waals surface area contributed by atoms with Crippen LogP contribution >= 0.6 is 0 Å². The van der Waals surface area contributed by atoms with Gasteiger partial charge < -0.3 is 9.88 Å². The van der Waals surface area contributed by atoms with Crippen LogP contribution in [0.4, 0.5) is 5.69 Å². The third-order valence-electron chi connectivity index (χ3n) is 2.79. The second-order valence-electron chi connectivity index (χ2n) is 4.45. The maximum Gasteiger partial charge on any atom is 0.270 e. The Labute approximate surface area is 99.2 Å². The number of fused-ring (bicyclic) bond motifs is 1. The molecule has 0 atom stereocenters. The van der Waals surface area contributed by atoms with Gasteiger partial charge in [-0.2, -0.15) is 0 Å². The van der Waals surface area contributed by atoms with Gasteiger partial charge in [0, 0.05) is 35.3 Å². The Bertz CT molecular complexity index is 572. The molecule has 1 heterocycles. The first kappa shape index (κ1) is 11.6. The number of nitro benzene ring substituents is 1. The van der Waals surface area contributed by atoms with E-state index in [1.54, 1.807) is 12.1 Å². The summed E-state index contributed by atoms with van der Waals surface area (Å²) in [6.07, 6.45) is 0. The van der Waals surface area contributed by atoms with Gasteiger partial charge in [-0.05, 0) is 32.6 Å². The minimum atomic E-state index is -0.360. The van der Waals surface area contributed by atoms with Crippen molar-refractivity contribution in [3.05, 3.63) is 39.6 Å². The molecule has 0 amide bonds. The van der Waals surface area contributed by atoms with Crippen molar-refractivity contribution >= 4 is 16.6 Å². The summed E-state index contributed by atoms with van der Waals surface area (Å²) in [6.45, 7) is 2.76. The van der Waals surface area contributed by atoms with E-state index in [9.17, 15) is 10.1 Å². The van der Waals surface area contributed by atoms with Gasteiger partial charge in [-0.1, -0.05) is 0 Å². The number of nitrogens with zero attached hydrogens (tertiary/aromatic N) is 2. The summed E-state index contributed by atoms with van der Waals surface area (Å²) in [5, 5.41) is 11.7. The monoisotopic (exact) mass is 233 g/mol. The second kappa shape index (κ2) is 4.18. The zero-order valence-corrected chi connectivity index (χ0v) is 10.2. The maximum absolute atomic E-state index is 10.8. The first-order chi connectivity index (χ1) is 7.99. The summed E-state index contributed by atoms with van der Waals surface area (Å²) in [5.74, 6) is 0. The van der Waals surface area contributed by atoms with Crippen LogP contribution in [0.15, 0.2) is 18.2 Å². The minimum absolute atomic E-state index is 0.136. The van der Waals surface area contributed by atoms with Crippen LogP contribution in [-0.4, -0.2) is 28.9 Å². The molecule has 0 aliphatic carbocycles. The van der Waals surface area contributed by atoms with E-state index in [0.717, 1.165) is 28.7 Å². The normalized spacial score (nSPS) is 11.3. The summed E-state index contributed by atoms with van der Waals surface area (Å²) in [4.78, 5) is 15.7. The van der Waals surface area contributed by atoms with Crippen LogP contribution in [0.1, 0.15) is 11.3 Å². The number of nitro groups is 1. The fraction of sp³-hybridized carbons (Fsp3) is 0.333. The van der Waals surface area contributed by atoms with Crippen molar-refractivity contribution in [1.29, 1.82) is 0 Å². The summed E-state index contributed by atoms with van der Waals surface area (Å²) in [7, 11) is 3.96. The van der Waals surface area contributed by atoms with E-state index >= 15 is 0 Å². The van der Waals surface area contributed by atoms with Crippen LogP contribution in [0, 0.1) is 17.0 Å². The average molecular weight is 233 g/mol. The van der Waals surface area contributed by atoms with Crippen molar-refractivity contribution in [3.8, 4) is 0 Å². The molecule has 0 spiro atoms. The quantitative estimate of drug-likeness (QED) is 0.654. The molecule has 1 N–H and O–H groups in total. The van der Waals surface area contributed by atoms with Gasteiger partial charge in [-0.25, -0.2) is 0 Å². The molecule has 90 valence electrons. The fourth-order valence-corrected chi connectivity index (χ4v) is 2.00. The Morgan fingerprint density at radius 2 is 2.12 bits per heavy atom. The van der Waals surface area contributed by atoms with E-state index in [1.165, 1.54) is 6.07 Å². The Balaban J connectivity index is 2.60. The summed E-state index contributed by atoms with van der Waals surface area (Å²) in [5.41, 5.74) is 3.27. The highest BCUT2D eigenvalue weighted by Crippen LogP contribution is 2.26. The van der Waals surface area contributed by atoms with Crippen LogP contribution in [0.3, 0.4) is 0 Å². The van der Waals surface area contributed by atoms with Gasteiger partial charge in [-0.15, -0.1) is 0 Å². The highest BCUT2D eigenvalue weighted by molar-refractivity contribution is 5.86. The third kappa shape index (κ3) is 2.14. The highest BCUT2D eigenvalue weighted by Gasteiger charge is 2.13. The summed E-state index contributed by atoms with van der Waals surface area (Å²) in [6, 6.07) is 4.93. The Morgan fingerprint density at radius 1 is 1.41 bits per heavy atom. The van der Waals surface area contributed by atoms with Gasteiger partial charge in [0.1, 0.15) is 0 Å². The lowest BCUT2D eigenvalue weighted by atomic mass is 10.1. The number of rotatable bonds is 3. The molecule has 1 aromatic carbocycles. The number of aryl methyl sites for hydroxylation is 1. The minimum Gasteiger partial charge on any atom is -0.358 e. The number of hydrogen-bond acceptors (Lipinski definition) is 3. The van der Waals surface area contributed by atoms with Gasteiger partial charge >= 0.3 is 0 Å².